The number of aryl methyl sites for hydroxylation is 2. The highest BCUT2D eigenvalue weighted by Crippen LogP contribution is 2.38. The fourth-order valence-electron chi connectivity index (χ4n) is 4.64. The Morgan fingerprint density at radius 3 is 2.45 bits per heavy atom. The second-order valence-electron chi connectivity index (χ2n) is 9.29. The largest absolute Gasteiger partial charge is 0.491 e. The Kier molecular flexibility index (Phi) is 6.56. The van der Waals surface area contributed by atoms with E-state index >= 15 is 0 Å². The molecular weight excluding hydrogens is 416 g/mol. The number of imide groups is 1. The molecule has 33 heavy (non-hydrogen) atoms. The Morgan fingerprint density at radius 1 is 1.06 bits per heavy atom. The summed E-state index contributed by atoms with van der Waals surface area (Å²) in [5.41, 5.74) is 4.01. The predicted octanol–water partition coefficient (Wildman–Crippen LogP) is 4.08. The van der Waals surface area contributed by atoms with Crippen LogP contribution in [0.25, 0.3) is 5.57 Å². The van der Waals surface area contributed by atoms with E-state index in [1.54, 1.807) is 0 Å². The van der Waals surface area contributed by atoms with E-state index < -0.39 is 0 Å². The number of nitrogens with zero attached hydrogens (tertiary/aromatic N) is 2. The van der Waals surface area contributed by atoms with E-state index in [4.69, 9.17) is 4.74 Å². The third-order valence-corrected chi connectivity index (χ3v) is 6.27. The van der Waals surface area contributed by atoms with E-state index in [-0.39, 0.29) is 30.4 Å². The van der Waals surface area contributed by atoms with Crippen molar-refractivity contribution in [3.63, 3.8) is 0 Å². The summed E-state index contributed by atoms with van der Waals surface area (Å²) in [6, 6.07) is 13.2. The van der Waals surface area contributed by atoms with Crippen LogP contribution in [0.15, 0.2) is 48.2 Å². The summed E-state index contributed by atoms with van der Waals surface area (Å²) in [5.74, 6) is 0.196. The number of rotatable bonds is 6. The van der Waals surface area contributed by atoms with Crippen LogP contribution < -0.4 is 9.64 Å². The molecule has 0 saturated carbocycles. The van der Waals surface area contributed by atoms with Crippen LogP contribution in [0.2, 0.25) is 0 Å². The lowest BCUT2D eigenvalue weighted by atomic mass is 9.97. The van der Waals surface area contributed by atoms with Gasteiger partial charge < -0.3 is 14.7 Å². The van der Waals surface area contributed by atoms with Crippen LogP contribution in [0.3, 0.4) is 0 Å². The maximum Gasteiger partial charge on any atom is 0.282 e. The lowest BCUT2D eigenvalue weighted by molar-refractivity contribution is -0.120. The maximum atomic E-state index is 13.8. The smallest absolute Gasteiger partial charge is 0.282 e. The highest BCUT2D eigenvalue weighted by atomic mass is 16.5. The van der Waals surface area contributed by atoms with Gasteiger partial charge in [-0.25, -0.2) is 4.90 Å². The molecule has 1 saturated heterocycles. The molecule has 2 amide bonds. The number of aliphatic hydroxyl groups excluding tert-OH is 1. The summed E-state index contributed by atoms with van der Waals surface area (Å²) in [6.45, 7) is 9.10. The Labute approximate surface area is 195 Å². The van der Waals surface area contributed by atoms with Gasteiger partial charge in [0.15, 0.2) is 0 Å². The molecule has 0 aromatic heterocycles. The second kappa shape index (κ2) is 9.40. The van der Waals surface area contributed by atoms with Gasteiger partial charge in [-0.2, -0.15) is 0 Å². The molecular formula is C27H32N2O4. The zero-order valence-electron chi connectivity index (χ0n) is 19.8. The van der Waals surface area contributed by atoms with Gasteiger partial charge in [-0.1, -0.05) is 24.3 Å². The third kappa shape index (κ3) is 4.53. The molecule has 2 aromatic rings. The molecule has 2 aliphatic heterocycles. The number of hydrogen-bond acceptors (Lipinski definition) is 5. The zero-order valence-corrected chi connectivity index (χ0v) is 19.8. The average molecular weight is 449 g/mol. The summed E-state index contributed by atoms with van der Waals surface area (Å²) < 4.78 is 5.75. The van der Waals surface area contributed by atoms with Crippen LogP contribution in [0, 0.1) is 19.8 Å². The van der Waals surface area contributed by atoms with Gasteiger partial charge >= 0.3 is 0 Å². The number of benzene rings is 2. The van der Waals surface area contributed by atoms with Crippen molar-refractivity contribution < 1.29 is 19.4 Å². The minimum absolute atomic E-state index is 0.0452. The number of hydrogen-bond donors (Lipinski definition) is 1. The first kappa shape index (κ1) is 23.1. The normalized spacial score (nSPS) is 19.2. The summed E-state index contributed by atoms with van der Waals surface area (Å²) in [6.07, 6.45) is 1.83. The quantitative estimate of drug-likeness (QED) is 0.675. The van der Waals surface area contributed by atoms with E-state index in [0.29, 0.717) is 35.6 Å². The molecule has 0 radical (unpaired) electrons. The molecule has 1 fully saturated rings. The fraction of sp³-hybridized carbons (Fsp3) is 0.407. The fourth-order valence-corrected chi connectivity index (χ4v) is 4.64. The van der Waals surface area contributed by atoms with Gasteiger partial charge in [0.05, 0.1) is 17.4 Å². The lowest BCUT2D eigenvalue weighted by Crippen LogP contribution is -2.40. The van der Waals surface area contributed by atoms with Crippen LogP contribution >= 0.6 is 0 Å². The molecule has 1 atom stereocenters. The average Bonchev–Trinajstić information content (AvgIpc) is 3.05. The molecule has 0 aliphatic carbocycles. The lowest BCUT2D eigenvalue weighted by Gasteiger charge is -2.34. The Balaban J connectivity index is 1.80. The third-order valence-electron chi connectivity index (χ3n) is 6.27. The summed E-state index contributed by atoms with van der Waals surface area (Å²) in [5, 5.41) is 9.73. The van der Waals surface area contributed by atoms with Crippen LogP contribution in [-0.2, 0) is 9.59 Å². The standard InChI is InChI=1S/C27H32N2O4/c1-17(2)33-22-11-9-21(10-12-22)24-25(28-13-5-6-20(15-28)16-30)27(32)29(26(24)31)23-14-18(3)7-8-19(23)4/h7-12,14,17,20,30H,5-6,13,15-16H2,1-4H3. The first-order chi connectivity index (χ1) is 15.8. The molecule has 2 aromatic carbocycles. The van der Waals surface area contributed by atoms with Gasteiger partial charge in [0, 0.05) is 19.7 Å². The monoisotopic (exact) mass is 448 g/mol. The highest BCUT2D eigenvalue weighted by molar-refractivity contribution is 6.45. The minimum Gasteiger partial charge on any atom is -0.491 e. The van der Waals surface area contributed by atoms with Crippen molar-refractivity contribution in [3.05, 3.63) is 64.9 Å². The number of amides is 2. The van der Waals surface area contributed by atoms with Crippen molar-refractivity contribution in [2.45, 2.75) is 46.6 Å². The number of ether oxygens (including phenoxy) is 1. The first-order valence-electron chi connectivity index (χ1n) is 11.6. The van der Waals surface area contributed by atoms with Crippen LogP contribution in [0.1, 0.15) is 43.4 Å². The van der Waals surface area contributed by atoms with Gasteiger partial charge in [0.25, 0.3) is 11.8 Å². The molecule has 1 N–H and O–H groups in total. The number of carbonyl (C=O) groups excluding carboxylic acids is 2. The predicted molar refractivity (Wildman–Crippen MR) is 129 cm³/mol. The van der Waals surface area contributed by atoms with E-state index in [1.807, 2.05) is 75.1 Å². The van der Waals surface area contributed by atoms with Crippen molar-refractivity contribution >= 4 is 23.1 Å². The van der Waals surface area contributed by atoms with E-state index in [1.165, 1.54) is 4.90 Å². The van der Waals surface area contributed by atoms with Crippen LogP contribution in [-0.4, -0.2) is 47.6 Å². The number of piperidine rings is 1. The van der Waals surface area contributed by atoms with Crippen molar-refractivity contribution in [2.75, 3.05) is 24.6 Å². The SMILES string of the molecule is Cc1ccc(C)c(N2C(=O)C(c3ccc(OC(C)C)cc3)=C(N3CCCC(CO)C3)C2=O)c1. The summed E-state index contributed by atoms with van der Waals surface area (Å²) in [7, 11) is 0. The van der Waals surface area contributed by atoms with E-state index in [0.717, 1.165) is 29.7 Å². The van der Waals surface area contributed by atoms with Crippen molar-refractivity contribution in [2.24, 2.45) is 5.92 Å². The zero-order chi connectivity index (χ0) is 23.7. The molecule has 174 valence electrons. The van der Waals surface area contributed by atoms with Gasteiger partial charge in [0.1, 0.15) is 11.4 Å². The molecule has 6 nitrogen and oxygen atoms in total. The topological polar surface area (TPSA) is 70.1 Å². The van der Waals surface area contributed by atoms with Crippen molar-refractivity contribution in [3.8, 4) is 5.75 Å². The molecule has 2 aliphatic rings. The molecule has 4 rings (SSSR count). The molecule has 6 heteroatoms. The summed E-state index contributed by atoms with van der Waals surface area (Å²) in [4.78, 5) is 30.9. The number of likely N-dealkylation sites (tertiary alicyclic amines) is 1. The van der Waals surface area contributed by atoms with Crippen LogP contribution in [0.5, 0.6) is 5.75 Å². The molecule has 0 spiro atoms. The number of carbonyl (C=O) groups is 2. The van der Waals surface area contributed by atoms with E-state index in [2.05, 4.69) is 0 Å². The second-order valence-corrected chi connectivity index (χ2v) is 9.29. The number of anilines is 1. The van der Waals surface area contributed by atoms with Crippen molar-refractivity contribution in [1.82, 2.24) is 4.90 Å². The molecule has 1 unspecified atom stereocenters. The van der Waals surface area contributed by atoms with Gasteiger partial charge in [-0.05, 0) is 81.3 Å². The van der Waals surface area contributed by atoms with Gasteiger partial charge in [-0.3, -0.25) is 9.59 Å². The number of aliphatic hydroxyl groups is 1. The Hall–Kier alpha value is -3.12. The van der Waals surface area contributed by atoms with Crippen molar-refractivity contribution in [1.29, 1.82) is 0 Å². The molecule has 0 bridgehead atoms. The van der Waals surface area contributed by atoms with Gasteiger partial charge in [0.2, 0.25) is 0 Å². The highest BCUT2D eigenvalue weighted by Gasteiger charge is 2.43. The van der Waals surface area contributed by atoms with Gasteiger partial charge in [-0.15, -0.1) is 0 Å². The minimum atomic E-state index is -0.313. The molecule has 2 heterocycles. The van der Waals surface area contributed by atoms with Crippen LogP contribution in [0.4, 0.5) is 5.69 Å². The Morgan fingerprint density at radius 2 is 1.79 bits per heavy atom. The summed E-state index contributed by atoms with van der Waals surface area (Å²) >= 11 is 0. The maximum absolute atomic E-state index is 13.8. The Bertz CT molecular complexity index is 1090. The van der Waals surface area contributed by atoms with E-state index in [9.17, 15) is 14.7 Å². The first-order valence-corrected chi connectivity index (χ1v) is 11.6.